The van der Waals surface area contributed by atoms with Crippen molar-refractivity contribution >= 4 is 11.6 Å². The molecule has 1 aromatic rings. The number of nitrogens with one attached hydrogen (secondary N) is 2. The monoisotopic (exact) mass is 301 g/mol. The number of anilines is 1. The molecule has 1 aliphatic carbocycles. The summed E-state index contributed by atoms with van der Waals surface area (Å²) < 4.78 is 5.38. The molecule has 7 nitrogen and oxygen atoms in total. The van der Waals surface area contributed by atoms with E-state index in [4.69, 9.17) is 10.00 Å². The van der Waals surface area contributed by atoms with Gasteiger partial charge in [-0.3, -0.25) is 15.6 Å². The molecule has 1 aromatic heterocycles. The predicted octanol–water partition coefficient (Wildman–Crippen LogP) is 0.714. The largest absolute Gasteiger partial charge is 0.466 e. The Kier molecular flexibility index (Phi) is 4.22. The van der Waals surface area contributed by atoms with Crippen LogP contribution in [0.5, 0.6) is 5.88 Å². The average molecular weight is 301 g/mol. The minimum absolute atomic E-state index is 0.0145. The summed E-state index contributed by atoms with van der Waals surface area (Å²) in [6.07, 6.45) is 5.30. The van der Waals surface area contributed by atoms with Gasteiger partial charge in [0.25, 0.3) is 5.91 Å². The highest BCUT2D eigenvalue weighted by Gasteiger charge is 2.35. The molecule has 2 heterocycles. The number of nitrogens with zero attached hydrogens (tertiary/aromatic N) is 3. The number of hydrogen-bond donors (Lipinski definition) is 2. The molecule has 0 atom stereocenters. The molecule has 22 heavy (non-hydrogen) atoms. The van der Waals surface area contributed by atoms with E-state index in [1.807, 2.05) is 7.05 Å². The van der Waals surface area contributed by atoms with Crippen molar-refractivity contribution in [1.82, 2.24) is 15.8 Å². The van der Waals surface area contributed by atoms with E-state index in [2.05, 4.69) is 21.9 Å². The van der Waals surface area contributed by atoms with Gasteiger partial charge in [0.2, 0.25) is 5.88 Å². The van der Waals surface area contributed by atoms with E-state index in [-0.39, 0.29) is 18.6 Å². The van der Waals surface area contributed by atoms with E-state index in [0.717, 1.165) is 25.7 Å². The van der Waals surface area contributed by atoms with Crippen molar-refractivity contribution in [3.05, 3.63) is 17.8 Å². The summed E-state index contributed by atoms with van der Waals surface area (Å²) in [5, 5.41) is 9.05. The number of fused-ring (bicyclic) bond motifs is 1. The minimum atomic E-state index is -0.0607. The Morgan fingerprint density at radius 3 is 2.86 bits per heavy atom. The van der Waals surface area contributed by atoms with E-state index in [9.17, 15) is 4.79 Å². The number of carbonyl (C=O) groups excluding carboxylic acids is 1. The molecule has 3 rings (SSSR count). The standard InChI is InChI=1S/C15H19N5O2/c1-17-19-11-2-4-12(5-3-11)20-13-6-10(7-16)8-18-15(13)22-9-14(20)21/h6,8,11-12,17,19H,2-5,9H2,1H3. The third-order valence-electron chi connectivity index (χ3n) is 4.23. The van der Waals surface area contributed by atoms with Crippen LogP contribution in [0.15, 0.2) is 12.3 Å². The van der Waals surface area contributed by atoms with Gasteiger partial charge in [-0.1, -0.05) is 0 Å². The van der Waals surface area contributed by atoms with Gasteiger partial charge in [-0.15, -0.1) is 0 Å². The number of aromatic nitrogens is 1. The number of rotatable bonds is 3. The second-order valence-electron chi connectivity index (χ2n) is 5.61. The second kappa shape index (κ2) is 6.30. The van der Waals surface area contributed by atoms with Crippen LogP contribution in [0.2, 0.25) is 0 Å². The molecule has 0 radical (unpaired) electrons. The summed E-state index contributed by atoms with van der Waals surface area (Å²) in [6.45, 7) is 0.0145. The fourth-order valence-electron chi connectivity index (χ4n) is 3.20. The van der Waals surface area contributed by atoms with Gasteiger partial charge in [-0.2, -0.15) is 5.26 Å². The van der Waals surface area contributed by atoms with Crippen molar-refractivity contribution in [3.63, 3.8) is 0 Å². The first kappa shape index (κ1) is 14.8. The van der Waals surface area contributed by atoms with Crippen LogP contribution in [-0.2, 0) is 4.79 Å². The third-order valence-corrected chi connectivity index (χ3v) is 4.23. The Balaban J connectivity index is 1.82. The zero-order chi connectivity index (χ0) is 15.5. The number of nitriles is 1. The van der Waals surface area contributed by atoms with Crippen LogP contribution in [0.1, 0.15) is 31.2 Å². The Hall–Kier alpha value is -2.17. The van der Waals surface area contributed by atoms with Crippen molar-refractivity contribution in [2.45, 2.75) is 37.8 Å². The molecule has 0 spiro atoms. The van der Waals surface area contributed by atoms with Gasteiger partial charge >= 0.3 is 0 Å². The highest BCUT2D eigenvalue weighted by molar-refractivity contribution is 5.98. The molecule has 1 saturated carbocycles. The molecule has 1 fully saturated rings. The van der Waals surface area contributed by atoms with E-state index in [0.29, 0.717) is 23.2 Å². The maximum absolute atomic E-state index is 12.3. The van der Waals surface area contributed by atoms with Gasteiger partial charge in [-0.05, 0) is 38.8 Å². The highest BCUT2D eigenvalue weighted by atomic mass is 16.5. The van der Waals surface area contributed by atoms with Crippen LogP contribution in [0.25, 0.3) is 0 Å². The summed E-state index contributed by atoms with van der Waals surface area (Å²) in [7, 11) is 1.86. The lowest BCUT2D eigenvalue weighted by Gasteiger charge is -2.39. The van der Waals surface area contributed by atoms with Gasteiger partial charge < -0.3 is 9.64 Å². The number of hydrazine groups is 1. The van der Waals surface area contributed by atoms with Gasteiger partial charge in [-0.25, -0.2) is 4.98 Å². The van der Waals surface area contributed by atoms with Crippen LogP contribution < -0.4 is 20.5 Å². The summed E-state index contributed by atoms with van der Waals surface area (Å²) >= 11 is 0. The number of ether oxygens (including phenoxy) is 1. The van der Waals surface area contributed by atoms with Crippen molar-refractivity contribution in [3.8, 4) is 11.9 Å². The molecule has 2 N–H and O–H groups in total. The fraction of sp³-hybridized carbons (Fsp3) is 0.533. The molecule has 0 bridgehead atoms. The molecule has 2 aliphatic rings. The Labute approximate surface area is 129 Å². The number of hydrogen-bond acceptors (Lipinski definition) is 6. The first-order chi connectivity index (χ1) is 10.7. The SMILES string of the molecule is CNNC1CCC(N2C(=O)COc3ncc(C#N)cc32)CC1. The summed E-state index contributed by atoms with van der Waals surface area (Å²) in [5.74, 6) is 0.378. The van der Waals surface area contributed by atoms with Crippen molar-refractivity contribution in [2.24, 2.45) is 0 Å². The van der Waals surface area contributed by atoms with Crippen molar-refractivity contribution in [1.29, 1.82) is 5.26 Å². The molecule has 1 aliphatic heterocycles. The van der Waals surface area contributed by atoms with E-state index >= 15 is 0 Å². The Morgan fingerprint density at radius 1 is 1.41 bits per heavy atom. The van der Waals surface area contributed by atoms with Crippen LogP contribution >= 0.6 is 0 Å². The van der Waals surface area contributed by atoms with Crippen LogP contribution in [0.3, 0.4) is 0 Å². The third kappa shape index (κ3) is 2.75. The van der Waals surface area contributed by atoms with E-state index in [1.165, 1.54) is 6.20 Å². The second-order valence-corrected chi connectivity index (χ2v) is 5.61. The lowest BCUT2D eigenvalue weighted by Crippen LogP contribution is -2.50. The molecule has 0 aromatic carbocycles. The summed E-state index contributed by atoms with van der Waals surface area (Å²) in [6, 6.07) is 4.33. The molecule has 0 unspecified atom stereocenters. The maximum Gasteiger partial charge on any atom is 0.265 e. The quantitative estimate of drug-likeness (QED) is 0.799. The fourth-order valence-corrected chi connectivity index (χ4v) is 3.20. The Bertz CT molecular complexity index is 604. The highest BCUT2D eigenvalue weighted by Crippen LogP contribution is 2.35. The molecule has 1 amide bonds. The molecule has 0 saturated heterocycles. The number of pyridine rings is 1. The molecule has 7 heteroatoms. The summed E-state index contributed by atoms with van der Waals surface area (Å²) in [5.41, 5.74) is 7.26. The van der Waals surface area contributed by atoms with Gasteiger partial charge in [0.05, 0.1) is 5.56 Å². The number of carbonyl (C=O) groups is 1. The minimum Gasteiger partial charge on any atom is -0.466 e. The van der Waals surface area contributed by atoms with Gasteiger partial charge in [0.1, 0.15) is 11.8 Å². The smallest absolute Gasteiger partial charge is 0.265 e. The summed E-state index contributed by atoms with van der Waals surface area (Å²) in [4.78, 5) is 18.3. The van der Waals surface area contributed by atoms with E-state index in [1.54, 1.807) is 11.0 Å². The van der Waals surface area contributed by atoms with Gasteiger partial charge in [0.15, 0.2) is 6.61 Å². The first-order valence-corrected chi connectivity index (χ1v) is 7.50. The number of amides is 1. The average Bonchev–Trinajstić information content (AvgIpc) is 2.55. The van der Waals surface area contributed by atoms with Crippen molar-refractivity contribution < 1.29 is 9.53 Å². The first-order valence-electron chi connectivity index (χ1n) is 7.50. The Morgan fingerprint density at radius 2 is 2.18 bits per heavy atom. The van der Waals surface area contributed by atoms with Crippen molar-refractivity contribution in [2.75, 3.05) is 18.6 Å². The van der Waals surface area contributed by atoms with Crippen LogP contribution in [-0.4, -0.2) is 36.6 Å². The predicted molar refractivity (Wildman–Crippen MR) is 80.2 cm³/mol. The van der Waals surface area contributed by atoms with Crippen LogP contribution in [0.4, 0.5) is 5.69 Å². The zero-order valence-electron chi connectivity index (χ0n) is 12.5. The maximum atomic E-state index is 12.3. The van der Waals surface area contributed by atoms with Gasteiger partial charge in [0, 0.05) is 18.3 Å². The normalized spacial score (nSPS) is 24.4. The lowest BCUT2D eigenvalue weighted by atomic mass is 9.90. The van der Waals surface area contributed by atoms with Crippen LogP contribution in [0, 0.1) is 11.3 Å². The molecular formula is C15H19N5O2. The molecular weight excluding hydrogens is 282 g/mol. The lowest BCUT2D eigenvalue weighted by molar-refractivity contribution is -0.122. The molecule has 116 valence electrons. The van der Waals surface area contributed by atoms with E-state index < -0.39 is 0 Å². The topological polar surface area (TPSA) is 90.3 Å². The zero-order valence-corrected chi connectivity index (χ0v) is 12.5.